The SMILES string of the molecule is CC(C)=CC[C@H](CC/C(C)=C/C=C/C(C)=C/C=C/C(C)=C/C=C/C=C(C)/C=C/C=C(C)/C=C/C=C(\C)CC[C@H](CC=C(C)C)C(C)(C)O)C(C)(C)O. The van der Waals surface area contributed by atoms with Crippen LogP contribution in [0.25, 0.3) is 0 Å². The van der Waals surface area contributed by atoms with Crippen LogP contribution < -0.4 is 0 Å². The Kier molecular flexibility index (Phi) is 24.6. The topological polar surface area (TPSA) is 40.5 Å². The van der Waals surface area contributed by atoms with Crippen LogP contribution in [0.1, 0.15) is 135 Å². The Morgan fingerprint density at radius 2 is 0.692 bits per heavy atom. The van der Waals surface area contributed by atoms with E-state index in [1.54, 1.807) is 0 Å². The van der Waals surface area contributed by atoms with Gasteiger partial charge in [-0.2, -0.15) is 0 Å². The second-order valence-electron chi connectivity index (χ2n) is 16.3. The first kappa shape index (κ1) is 48.5. The molecule has 0 aromatic rings. The summed E-state index contributed by atoms with van der Waals surface area (Å²) in [5.74, 6) is 0.504. The third-order valence-electron chi connectivity index (χ3n) is 9.14. The van der Waals surface area contributed by atoms with Crippen LogP contribution in [0.2, 0.25) is 0 Å². The molecule has 0 fully saturated rings. The minimum atomic E-state index is -0.673. The molecule has 0 saturated carbocycles. The molecule has 52 heavy (non-hydrogen) atoms. The molecule has 0 aliphatic rings. The standard InChI is InChI=1S/C50H76O2/c1-39(2)31-35-47(49(11,12)51)37-33-45(9)29-19-27-43(7)25-17-23-41(5)21-15-16-22-42(6)24-18-26-44(8)28-20-30-46(10)34-38-48(50(13,14)52)36-32-40(3)4/h15-32,47-48,51-52H,33-38H2,1-14H3/b16-15+,23-17+,24-18+,27-19+,28-20+,41-21+,42-22+,43-25+,44-26+,45-29+,46-30+/t47-,48+. The van der Waals surface area contributed by atoms with Crippen molar-refractivity contribution in [2.24, 2.45) is 11.8 Å². The van der Waals surface area contributed by atoms with Crippen molar-refractivity contribution in [3.05, 3.63) is 154 Å². The molecule has 0 spiro atoms. The van der Waals surface area contributed by atoms with Gasteiger partial charge in [-0.05, 0) is 147 Å². The molecule has 2 nitrogen and oxygen atoms in total. The molecule has 0 aliphatic carbocycles. The maximum Gasteiger partial charge on any atom is 0.0622 e. The van der Waals surface area contributed by atoms with Gasteiger partial charge >= 0.3 is 0 Å². The molecule has 288 valence electrons. The van der Waals surface area contributed by atoms with Crippen molar-refractivity contribution in [1.82, 2.24) is 0 Å². The molecule has 0 saturated heterocycles. The minimum absolute atomic E-state index is 0.252. The van der Waals surface area contributed by atoms with Crippen LogP contribution in [0.4, 0.5) is 0 Å². The summed E-state index contributed by atoms with van der Waals surface area (Å²) in [6.45, 7) is 28.9. The van der Waals surface area contributed by atoms with Gasteiger partial charge in [0.2, 0.25) is 0 Å². The summed E-state index contributed by atoms with van der Waals surface area (Å²) in [5.41, 5.74) is 8.68. The average molecular weight is 709 g/mol. The van der Waals surface area contributed by atoms with Gasteiger partial charge in [0.1, 0.15) is 0 Å². The van der Waals surface area contributed by atoms with Crippen LogP contribution in [0.5, 0.6) is 0 Å². The van der Waals surface area contributed by atoms with Crippen LogP contribution >= 0.6 is 0 Å². The van der Waals surface area contributed by atoms with E-state index in [4.69, 9.17) is 0 Å². The fourth-order valence-corrected chi connectivity index (χ4v) is 5.31. The summed E-state index contributed by atoms with van der Waals surface area (Å²) >= 11 is 0. The van der Waals surface area contributed by atoms with Gasteiger partial charge in [0, 0.05) is 0 Å². The fourth-order valence-electron chi connectivity index (χ4n) is 5.31. The fraction of sp³-hybridized carbons (Fsp3) is 0.480. The van der Waals surface area contributed by atoms with Crippen molar-refractivity contribution in [2.75, 3.05) is 0 Å². The summed E-state index contributed by atoms with van der Waals surface area (Å²) in [7, 11) is 0. The van der Waals surface area contributed by atoms with Gasteiger partial charge in [-0.15, -0.1) is 0 Å². The Balaban J connectivity index is 4.93. The summed E-state index contributed by atoms with van der Waals surface area (Å²) < 4.78 is 0. The maximum absolute atomic E-state index is 10.6. The van der Waals surface area contributed by atoms with E-state index in [2.05, 4.69) is 179 Å². The molecule has 0 aromatic carbocycles. The second kappa shape index (κ2) is 26.3. The average Bonchev–Trinajstić information content (AvgIpc) is 3.01. The smallest absolute Gasteiger partial charge is 0.0622 e. The lowest BCUT2D eigenvalue weighted by Gasteiger charge is -2.29. The molecular weight excluding hydrogens is 633 g/mol. The van der Waals surface area contributed by atoms with Gasteiger partial charge in [-0.25, -0.2) is 0 Å². The largest absolute Gasteiger partial charge is 0.390 e. The van der Waals surface area contributed by atoms with Crippen LogP contribution in [0.15, 0.2) is 154 Å². The van der Waals surface area contributed by atoms with Crippen LogP contribution in [0.3, 0.4) is 0 Å². The maximum atomic E-state index is 10.6. The third kappa shape index (κ3) is 27.2. The minimum Gasteiger partial charge on any atom is -0.390 e. The first-order valence-corrected chi connectivity index (χ1v) is 19.3. The van der Waals surface area contributed by atoms with E-state index in [1.165, 1.54) is 44.6 Å². The molecule has 0 aromatic heterocycles. The zero-order valence-corrected chi connectivity index (χ0v) is 35.7. The monoisotopic (exact) mass is 709 g/mol. The third-order valence-corrected chi connectivity index (χ3v) is 9.14. The molecule has 0 amide bonds. The highest BCUT2D eigenvalue weighted by molar-refractivity contribution is 5.32. The van der Waals surface area contributed by atoms with E-state index in [0.717, 1.165) is 38.5 Å². The molecule has 0 unspecified atom stereocenters. The Morgan fingerprint density at radius 3 is 0.962 bits per heavy atom. The van der Waals surface area contributed by atoms with Crippen molar-refractivity contribution < 1.29 is 10.2 Å². The van der Waals surface area contributed by atoms with Gasteiger partial charge < -0.3 is 10.2 Å². The van der Waals surface area contributed by atoms with Crippen molar-refractivity contribution in [2.45, 2.75) is 147 Å². The number of hydrogen-bond donors (Lipinski definition) is 2. The van der Waals surface area contributed by atoms with E-state index < -0.39 is 11.2 Å². The van der Waals surface area contributed by atoms with E-state index in [1.807, 2.05) is 27.7 Å². The summed E-state index contributed by atoms with van der Waals surface area (Å²) in [6.07, 6.45) is 44.2. The van der Waals surface area contributed by atoms with Crippen molar-refractivity contribution in [3.8, 4) is 0 Å². The molecule has 0 bridgehead atoms. The van der Waals surface area contributed by atoms with Crippen molar-refractivity contribution in [3.63, 3.8) is 0 Å². The highest BCUT2D eigenvalue weighted by Crippen LogP contribution is 2.29. The molecule has 0 heterocycles. The predicted octanol–water partition coefficient (Wildman–Crippen LogP) is 14.5. The molecule has 2 N–H and O–H groups in total. The van der Waals surface area contributed by atoms with Gasteiger partial charge in [0.25, 0.3) is 0 Å². The van der Waals surface area contributed by atoms with Crippen LogP contribution in [-0.4, -0.2) is 21.4 Å². The van der Waals surface area contributed by atoms with E-state index in [9.17, 15) is 10.2 Å². The molecular formula is C50H76O2. The summed E-state index contributed by atoms with van der Waals surface area (Å²) in [5, 5.41) is 21.2. The number of aliphatic hydroxyl groups is 2. The van der Waals surface area contributed by atoms with Gasteiger partial charge in [0.05, 0.1) is 11.2 Å². The molecule has 0 rings (SSSR count). The highest BCUT2D eigenvalue weighted by atomic mass is 16.3. The van der Waals surface area contributed by atoms with E-state index in [0.29, 0.717) is 0 Å². The Morgan fingerprint density at radius 1 is 0.423 bits per heavy atom. The summed E-state index contributed by atoms with van der Waals surface area (Å²) in [4.78, 5) is 0. The van der Waals surface area contributed by atoms with E-state index in [-0.39, 0.29) is 11.8 Å². The quantitative estimate of drug-likeness (QED) is 0.0868. The van der Waals surface area contributed by atoms with Crippen molar-refractivity contribution >= 4 is 0 Å². The zero-order chi connectivity index (χ0) is 39.7. The lowest BCUT2D eigenvalue weighted by Crippen LogP contribution is -2.30. The second-order valence-corrected chi connectivity index (χ2v) is 16.3. The first-order chi connectivity index (χ1) is 24.2. The lowest BCUT2D eigenvalue weighted by molar-refractivity contribution is 0.0140. The molecule has 2 atom stereocenters. The van der Waals surface area contributed by atoms with Gasteiger partial charge in [-0.1, -0.05) is 154 Å². The number of allylic oxidation sites excluding steroid dienone is 26. The Bertz CT molecular complexity index is 1350. The van der Waals surface area contributed by atoms with Gasteiger partial charge in [0.15, 0.2) is 0 Å². The number of rotatable bonds is 22. The van der Waals surface area contributed by atoms with E-state index >= 15 is 0 Å². The Hall–Kier alpha value is -3.46. The Labute approximate surface area is 321 Å². The molecule has 0 radical (unpaired) electrons. The number of hydrogen-bond acceptors (Lipinski definition) is 2. The van der Waals surface area contributed by atoms with Crippen LogP contribution in [0, 0.1) is 11.8 Å². The molecule has 2 heteroatoms. The molecule has 0 aliphatic heterocycles. The predicted molar refractivity (Wildman–Crippen MR) is 234 cm³/mol. The normalized spacial score (nSPS) is 16.3. The zero-order valence-electron chi connectivity index (χ0n) is 35.7. The highest BCUT2D eigenvalue weighted by Gasteiger charge is 2.26. The first-order valence-electron chi connectivity index (χ1n) is 19.3. The van der Waals surface area contributed by atoms with Crippen molar-refractivity contribution in [1.29, 1.82) is 0 Å². The van der Waals surface area contributed by atoms with Crippen LogP contribution in [-0.2, 0) is 0 Å². The lowest BCUT2D eigenvalue weighted by atomic mass is 9.83. The van der Waals surface area contributed by atoms with Gasteiger partial charge in [-0.3, -0.25) is 0 Å². The summed E-state index contributed by atoms with van der Waals surface area (Å²) in [6, 6.07) is 0.